The summed E-state index contributed by atoms with van der Waals surface area (Å²) in [7, 11) is 0. The molecule has 0 radical (unpaired) electrons. The molecule has 2 aliphatic rings. The van der Waals surface area contributed by atoms with Gasteiger partial charge in [0.25, 0.3) is 0 Å². The molecule has 4 heterocycles. The molecule has 0 spiro atoms. The van der Waals surface area contributed by atoms with Crippen LogP contribution in [0.3, 0.4) is 0 Å². The summed E-state index contributed by atoms with van der Waals surface area (Å²) in [4.78, 5) is 26.1. The number of rotatable bonds is 7. The molecule has 0 saturated carbocycles. The molecule has 206 valence electrons. The highest BCUT2D eigenvalue weighted by molar-refractivity contribution is 5.98. The van der Waals surface area contributed by atoms with Crippen molar-refractivity contribution in [3.05, 3.63) is 73.1 Å². The van der Waals surface area contributed by atoms with Crippen LogP contribution in [0.5, 0.6) is 11.5 Å². The van der Waals surface area contributed by atoms with E-state index < -0.39 is 0 Å². The number of hydrogen-bond donors (Lipinski definition) is 2. The summed E-state index contributed by atoms with van der Waals surface area (Å²) >= 11 is 0. The van der Waals surface area contributed by atoms with E-state index in [1.165, 1.54) is 6.33 Å². The van der Waals surface area contributed by atoms with E-state index in [2.05, 4.69) is 20.2 Å². The van der Waals surface area contributed by atoms with Crippen molar-refractivity contribution in [3.63, 3.8) is 0 Å². The Balaban J connectivity index is 1.21. The zero-order chi connectivity index (χ0) is 27.3. The van der Waals surface area contributed by atoms with E-state index in [9.17, 15) is 4.79 Å². The highest BCUT2D eigenvalue weighted by Gasteiger charge is 2.28. The monoisotopic (exact) mass is 538 g/mol. The number of benzene rings is 2. The smallest absolute Gasteiger partial charge is 0.246 e. The zero-order valence-electron chi connectivity index (χ0n) is 22.4. The number of fused-ring (bicyclic) bond motifs is 1. The molecule has 40 heavy (non-hydrogen) atoms. The number of ether oxygens (including phenoxy) is 1. The summed E-state index contributed by atoms with van der Waals surface area (Å²) in [5.41, 5.74) is 8.65. The number of amides is 1. The summed E-state index contributed by atoms with van der Waals surface area (Å²) in [6.45, 7) is 6.10. The molecule has 1 amide bonds. The topological polar surface area (TPSA) is 114 Å². The molecule has 1 unspecified atom stereocenters. The van der Waals surface area contributed by atoms with Crippen LogP contribution in [0.2, 0.25) is 0 Å². The molecule has 10 heteroatoms. The van der Waals surface area contributed by atoms with E-state index >= 15 is 0 Å². The van der Waals surface area contributed by atoms with Gasteiger partial charge in [0.15, 0.2) is 5.65 Å². The number of anilines is 1. The van der Waals surface area contributed by atoms with Crippen molar-refractivity contribution in [3.8, 4) is 22.8 Å². The fraction of sp³-hybridized carbons (Fsp3) is 0.333. The lowest BCUT2D eigenvalue weighted by Gasteiger charge is -2.32. The molecule has 0 bridgehead atoms. The largest absolute Gasteiger partial charge is 0.457 e. The quantitative estimate of drug-likeness (QED) is 0.344. The van der Waals surface area contributed by atoms with E-state index in [1.807, 2.05) is 70.3 Å². The molecule has 2 saturated heterocycles. The lowest BCUT2D eigenvalue weighted by molar-refractivity contribution is -0.127. The third-order valence-corrected chi connectivity index (χ3v) is 7.51. The SMILES string of the molecule is Nc1ncnc2c1c(-c1ccc(Oc3ccccc3)cc1)nn2C1CCCN(C(=O)C=CCN2CCNCC2)C1. The number of nitrogens with zero attached hydrogens (tertiary/aromatic N) is 6. The molecule has 2 fully saturated rings. The third-order valence-electron chi connectivity index (χ3n) is 7.51. The third kappa shape index (κ3) is 5.68. The Morgan fingerprint density at radius 3 is 2.60 bits per heavy atom. The Morgan fingerprint density at radius 2 is 1.80 bits per heavy atom. The van der Waals surface area contributed by atoms with Crippen molar-refractivity contribution in [1.82, 2.24) is 34.9 Å². The molecule has 10 nitrogen and oxygen atoms in total. The van der Waals surface area contributed by atoms with Gasteiger partial charge in [0.05, 0.1) is 11.4 Å². The average molecular weight is 539 g/mol. The highest BCUT2D eigenvalue weighted by Crippen LogP contribution is 2.34. The molecular weight excluding hydrogens is 504 g/mol. The number of carbonyl (C=O) groups excluding carboxylic acids is 1. The maximum atomic E-state index is 13.0. The van der Waals surface area contributed by atoms with Crippen molar-refractivity contribution in [2.45, 2.75) is 18.9 Å². The molecule has 0 aliphatic carbocycles. The number of nitrogens with two attached hydrogens (primary N) is 1. The van der Waals surface area contributed by atoms with Crippen LogP contribution in [0.1, 0.15) is 18.9 Å². The highest BCUT2D eigenvalue weighted by atomic mass is 16.5. The van der Waals surface area contributed by atoms with Gasteiger partial charge in [-0.2, -0.15) is 5.10 Å². The van der Waals surface area contributed by atoms with Crippen molar-refractivity contribution < 1.29 is 9.53 Å². The minimum Gasteiger partial charge on any atom is -0.457 e. The van der Waals surface area contributed by atoms with Crippen LogP contribution in [0, 0.1) is 0 Å². The second-order valence-electron chi connectivity index (χ2n) is 10.2. The number of carbonyl (C=O) groups is 1. The van der Waals surface area contributed by atoms with Crippen molar-refractivity contribution in [1.29, 1.82) is 0 Å². The summed E-state index contributed by atoms with van der Waals surface area (Å²) < 4.78 is 7.89. The van der Waals surface area contributed by atoms with Crippen LogP contribution in [0.15, 0.2) is 73.1 Å². The summed E-state index contributed by atoms with van der Waals surface area (Å²) in [6.07, 6.45) is 6.97. The first-order valence-corrected chi connectivity index (χ1v) is 13.9. The maximum Gasteiger partial charge on any atom is 0.246 e. The van der Waals surface area contributed by atoms with Crippen molar-refractivity contribution >= 4 is 22.8 Å². The van der Waals surface area contributed by atoms with Gasteiger partial charge in [-0.25, -0.2) is 14.6 Å². The minimum absolute atomic E-state index is 0.00879. The van der Waals surface area contributed by atoms with Crippen molar-refractivity contribution in [2.24, 2.45) is 0 Å². The number of piperazine rings is 1. The van der Waals surface area contributed by atoms with Gasteiger partial charge in [0.2, 0.25) is 5.91 Å². The molecule has 4 aromatic rings. The lowest BCUT2D eigenvalue weighted by Crippen LogP contribution is -2.43. The number of likely N-dealkylation sites (tertiary alicyclic amines) is 1. The Morgan fingerprint density at radius 1 is 1.02 bits per heavy atom. The maximum absolute atomic E-state index is 13.0. The molecule has 2 aliphatic heterocycles. The molecule has 3 N–H and O–H groups in total. The normalized spacial score (nSPS) is 18.4. The zero-order valence-corrected chi connectivity index (χ0v) is 22.4. The number of aromatic nitrogens is 4. The summed E-state index contributed by atoms with van der Waals surface area (Å²) in [5, 5.41) is 9.07. The van der Waals surface area contributed by atoms with Crippen LogP contribution >= 0.6 is 0 Å². The second kappa shape index (κ2) is 11.8. The molecule has 2 aromatic carbocycles. The van der Waals surface area contributed by atoms with Crippen LogP contribution in [-0.2, 0) is 4.79 Å². The minimum atomic E-state index is -0.00879. The van der Waals surface area contributed by atoms with E-state index in [-0.39, 0.29) is 11.9 Å². The van der Waals surface area contributed by atoms with E-state index in [1.54, 1.807) is 6.08 Å². The average Bonchev–Trinajstić information content (AvgIpc) is 3.40. The number of nitrogen functional groups attached to an aromatic ring is 1. The van der Waals surface area contributed by atoms with E-state index in [0.717, 1.165) is 80.3 Å². The summed E-state index contributed by atoms with van der Waals surface area (Å²) in [5.74, 6) is 1.93. The first-order chi connectivity index (χ1) is 19.7. The van der Waals surface area contributed by atoms with Gasteiger partial charge >= 0.3 is 0 Å². The second-order valence-corrected chi connectivity index (χ2v) is 10.2. The van der Waals surface area contributed by atoms with Gasteiger partial charge < -0.3 is 20.7 Å². The number of nitrogens with one attached hydrogen (secondary N) is 1. The van der Waals surface area contributed by atoms with E-state index in [0.29, 0.717) is 18.0 Å². The molecule has 6 rings (SSSR count). The van der Waals surface area contributed by atoms with Gasteiger partial charge in [-0.3, -0.25) is 9.69 Å². The van der Waals surface area contributed by atoms with Crippen molar-refractivity contribution in [2.75, 3.05) is 51.5 Å². The molecular formula is C30H34N8O2. The Hall–Kier alpha value is -4.28. The van der Waals surface area contributed by atoms with Gasteiger partial charge in [0, 0.05) is 57.5 Å². The summed E-state index contributed by atoms with van der Waals surface area (Å²) in [6, 6.07) is 17.4. The lowest BCUT2D eigenvalue weighted by atomic mass is 10.1. The van der Waals surface area contributed by atoms with Gasteiger partial charge in [-0.05, 0) is 49.2 Å². The standard InChI is InChI=1S/C30H34N8O2/c31-29-27-28(22-10-12-25(13-11-22)40-24-7-2-1-3-8-24)35-38(30(27)34-21-33-29)23-6-4-17-37(20-23)26(39)9-5-16-36-18-14-32-15-19-36/h1-3,5,7-13,21,23,32H,4,6,14-20H2,(H2,31,33,34). The van der Waals surface area contributed by atoms with Crippen LogP contribution in [0.4, 0.5) is 5.82 Å². The fourth-order valence-electron chi connectivity index (χ4n) is 5.41. The Kier molecular flexibility index (Phi) is 7.69. The number of piperidine rings is 1. The van der Waals surface area contributed by atoms with Crippen LogP contribution < -0.4 is 15.8 Å². The Labute approximate surface area is 233 Å². The van der Waals surface area contributed by atoms with Gasteiger partial charge in [-0.1, -0.05) is 24.3 Å². The number of hydrogen-bond acceptors (Lipinski definition) is 8. The Bertz CT molecular complexity index is 1480. The predicted octanol–water partition coefficient (Wildman–Crippen LogP) is 3.49. The predicted molar refractivity (Wildman–Crippen MR) is 155 cm³/mol. The first-order valence-electron chi connectivity index (χ1n) is 13.9. The number of para-hydroxylation sites is 1. The van der Waals surface area contributed by atoms with Gasteiger partial charge in [-0.15, -0.1) is 0 Å². The first kappa shape index (κ1) is 26.0. The van der Waals surface area contributed by atoms with Crippen LogP contribution in [-0.4, -0.2) is 81.3 Å². The van der Waals surface area contributed by atoms with Crippen LogP contribution in [0.25, 0.3) is 22.3 Å². The van der Waals surface area contributed by atoms with E-state index in [4.69, 9.17) is 15.6 Å². The fourth-order valence-corrected chi connectivity index (χ4v) is 5.41. The molecule has 2 aromatic heterocycles. The molecule has 1 atom stereocenters. The van der Waals surface area contributed by atoms with Gasteiger partial charge in [0.1, 0.15) is 29.3 Å².